The number of likely N-dealkylation sites (tertiary alicyclic amines) is 1. The first kappa shape index (κ1) is 18.3. The van der Waals surface area contributed by atoms with Gasteiger partial charge in [0.1, 0.15) is 5.69 Å². The molecular weight excluding hydrogens is 350 g/mol. The zero-order valence-electron chi connectivity index (χ0n) is 15.9. The molecule has 28 heavy (non-hydrogen) atoms. The minimum Gasteiger partial charge on any atom is -0.464 e. The zero-order valence-corrected chi connectivity index (χ0v) is 15.9. The first-order valence-electron chi connectivity index (χ1n) is 9.51. The van der Waals surface area contributed by atoms with Gasteiger partial charge < -0.3 is 4.74 Å². The average Bonchev–Trinajstić information content (AvgIpc) is 3.22. The van der Waals surface area contributed by atoms with Crippen LogP contribution in [-0.4, -0.2) is 41.0 Å². The Hall–Kier alpha value is -3.05. The van der Waals surface area contributed by atoms with E-state index >= 15 is 0 Å². The fourth-order valence-electron chi connectivity index (χ4n) is 3.73. The molecule has 2 aromatic heterocycles. The van der Waals surface area contributed by atoms with Crippen molar-refractivity contribution < 1.29 is 9.53 Å². The second-order valence-electron chi connectivity index (χ2n) is 7.07. The second-order valence-corrected chi connectivity index (χ2v) is 7.07. The lowest BCUT2D eigenvalue weighted by Gasteiger charge is -2.16. The van der Waals surface area contributed by atoms with Crippen molar-refractivity contribution >= 4 is 5.97 Å². The summed E-state index contributed by atoms with van der Waals surface area (Å²) in [7, 11) is 1.38. The predicted octanol–water partition coefficient (Wildman–Crippen LogP) is 3.92. The monoisotopic (exact) mass is 373 g/mol. The third kappa shape index (κ3) is 4.10. The number of hydrogen-bond donors (Lipinski definition) is 0. The smallest absolute Gasteiger partial charge is 0.356 e. The van der Waals surface area contributed by atoms with E-state index in [9.17, 15) is 4.79 Å². The van der Waals surface area contributed by atoms with E-state index in [-0.39, 0.29) is 0 Å². The molecule has 1 aliphatic heterocycles. The van der Waals surface area contributed by atoms with Gasteiger partial charge in [0.05, 0.1) is 18.5 Å². The van der Waals surface area contributed by atoms with Gasteiger partial charge in [0, 0.05) is 24.8 Å². The summed E-state index contributed by atoms with van der Waals surface area (Å²) in [5.41, 5.74) is 4.74. The number of hydrogen-bond acceptors (Lipinski definition) is 5. The van der Waals surface area contributed by atoms with Crippen LogP contribution in [0, 0.1) is 0 Å². The molecule has 0 unspecified atom stereocenters. The van der Waals surface area contributed by atoms with Crippen LogP contribution < -0.4 is 0 Å². The molecule has 0 saturated carbocycles. The van der Waals surface area contributed by atoms with Crippen LogP contribution in [0.3, 0.4) is 0 Å². The van der Waals surface area contributed by atoms with Crippen molar-refractivity contribution in [2.24, 2.45) is 0 Å². The number of nitrogens with zero attached hydrogens (tertiary/aromatic N) is 3. The van der Waals surface area contributed by atoms with Crippen molar-refractivity contribution in [3.8, 4) is 11.3 Å². The largest absolute Gasteiger partial charge is 0.464 e. The molecule has 5 heteroatoms. The van der Waals surface area contributed by atoms with Gasteiger partial charge in [-0.25, -0.2) is 9.78 Å². The molecule has 1 saturated heterocycles. The maximum atomic E-state index is 11.7. The Bertz CT molecular complexity index is 959. The third-order valence-corrected chi connectivity index (χ3v) is 5.18. The minimum atomic E-state index is -0.397. The van der Waals surface area contributed by atoms with E-state index in [1.165, 1.54) is 12.7 Å². The highest BCUT2D eigenvalue weighted by atomic mass is 16.5. The van der Waals surface area contributed by atoms with Crippen molar-refractivity contribution in [3.63, 3.8) is 0 Å². The molecular formula is C23H23N3O2. The molecule has 1 fully saturated rings. The molecule has 0 radical (unpaired) electrons. The number of rotatable bonds is 5. The van der Waals surface area contributed by atoms with Crippen molar-refractivity contribution in [1.82, 2.24) is 14.9 Å². The van der Waals surface area contributed by atoms with Crippen molar-refractivity contribution in [3.05, 3.63) is 83.8 Å². The summed E-state index contributed by atoms with van der Waals surface area (Å²) >= 11 is 0. The topological polar surface area (TPSA) is 55.3 Å². The average molecular weight is 373 g/mol. The number of methoxy groups -OCH3 is 1. The summed E-state index contributed by atoms with van der Waals surface area (Å²) in [4.78, 5) is 23.0. The van der Waals surface area contributed by atoms with Crippen LogP contribution >= 0.6 is 0 Å². The van der Waals surface area contributed by atoms with E-state index in [0.29, 0.717) is 11.6 Å². The molecule has 3 aromatic rings. The summed E-state index contributed by atoms with van der Waals surface area (Å²) < 4.78 is 4.76. The van der Waals surface area contributed by atoms with Crippen LogP contribution in [0.4, 0.5) is 0 Å². The van der Waals surface area contributed by atoms with Gasteiger partial charge in [-0.3, -0.25) is 9.88 Å². The van der Waals surface area contributed by atoms with Gasteiger partial charge in [-0.2, -0.15) is 0 Å². The number of esters is 1. The van der Waals surface area contributed by atoms with Crippen LogP contribution in [0.5, 0.6) is 0 Å². The minimum absolute atomic E-state index is 0.359. The summed E-state index contributed by atoms with van der Waals surface area (Å²) in [5, 5.41) is 0. The fourth-order valence-corrected chi connectivity index (χ4v) is 3.73. The molecule has 142 valence electrons. The SMILES string of the molecule is COC(=O)c1cccc(CN2CC[C@@H](c3ccnc(-c4ccccc4)c3)C2)n1. The summed E-state index contributed by atoms with van der Waals surface area (Å²) in [6.07, 6.45) is 3.01. The third-order valence-electron chi connectivity index (χ3n) is 5.18. The standard InChI is InChI=1S/C23H23N3O2/c1-28-23(27)21-9-5-8-20(25-21)16-26-13-11-19(15-26)18-10-12-24-22(14-18)17-6-3-2-4-7-17/h2-10,12,14,19H,11,13,15-16H2,1H3/t19-/m1/s1. The zero-order chi connectivity index (χ0) is 19.3. The Morgan fingerprint density at radius 1 is 1.14 bits per heavy atom. The first-order valence-corrected chi connectivity index (χ1v) is 9.51. The van der Waals surface area contributed by atoms with E-state index < -0.39 is 5.97 Å². The van der Waals surface area contributed by atoms with Gasteiger partial charge in [0.15, 0.2) is 0 Å². The van der Waals surface area contributed by atoms with Crippen molar-refractivity contribution in [2.45, 2.75) is 18.9 Å². The number of aromatic nitrogens is 2. The number of carbonyl (C=O) groups is 1. The first-order chi connectivity index (χ1) is 13.7. The highest BCUT2D eigenvalue weighted by molar-refractivity contribution is 5.87. The maximum absolute atomic E-state index is 11.7. The molecule has 5 nitrogen and oxygen atoms in total. The molecule has 0 spiro atoms. The van der Waals surface area contributed by atoms with Crippen LogP contribution in [0.2, 0.25) is 0 Å². The molecule has 0 N–H and O–H groups in total. The van der Waals surface area contributed by atoms with Crippen LogP contribution in [-0.2, 0) is 11.3 Å². The van der Waals surface area contributed by atoms with E-state index in [4.69, 9.17) is 4.74 Å². The van der Waals surface area contributed by atoms with E-state index in [2.05, 4.69) is 39.1 Å². The fraction of sp³-hybridized carbons (Fsp3) is 0.261. The Balaban J connectivity index is 1.44. The normalized spacial score (nSPS) is 16.8. The lowest BCUT2D eigenvalue weighted by atomic mass is 9.97. The quantitative estimate of drug-likeness (QED) is 0.635. The molecule has 1 aliphatic rings. The Labute approximate surface area is 165 Å². The van der Waals surface area contributed by atoms with E-state index in [0.717, 1.165) is 43.0 Å². The van der Waals surface area contributed by atoms with Crippen molar-refractivity contribution in [2.75, 3.05) is 20.2 Å². The van der Waals surface area contributed by atoms with E-state index in [1.54, 1.807) is 6.07 Å². The van der Waals surface area contributed by atoms with Gasteiger partial charge in [-0.15, -0.1) is 0 Å². The second kappa shape index (κ2) is 8.31. The molecule has 1 aromatic carbocycles. The van der Waals surface area contributed by atoms with Crippen molar-refractivity contribution in [1.29, 1.82) is 0 Å². The molecule has 0 bridgehead atoms. The number of benzene rings is 1. The van der Waals surface area contributed by atoms with Gasteiger partial charge in [0.2, 0.25) is 0 Å². The lowest BCUT2D eigenvalue weighted by molar-refractivity contribution is 0.0593. The Morgan fingerprint density at radius 3 is 2.82 bits per heavy atom. The summed E-state index contributed by atoms with van der Waals surface area (Å²) in [5.74, 6) is 0.0839. The van der Waals surface area contributed by atoms with E-state index in [1.807, 2.05) is 36.5 Å². The molecule has 4 rings (SSSR count). The Kier molecular flexibility index (Phi) is 5.44. The highest BCUT2D eigenvalue weighted by Crippen LogP contribution is 2.30. The lowest BCUT2D eigenvalue weighted by Crippen LogP contribution is -2.21. The molecule has 0 amide bonds. The maximum Gasteiger partial charge on any atom is 0.356 e. The van der Waals surface area contributed by atoms with Crippen LogP contribution in [0.25, 0.3) is 11.3 Å². The predicted molar refractivity (Wildman–Crippen MR) is 108 cm³/mol. The van der Waals surface area contributed by atoms with Gasteiger partial charge in [-0.1, -0.05) is 36.4 Å². The molecule has 0 aliphatic carbocycles. The highest BCUT2D eigenvalue weighted by Gasteiger charge is 2.24. The number of pyridine rings is 2. The molecule has 1 atom stereocenters. The van der Waals surface area contributed by atoms with Crippen LogP contribution in [0.1, 0.15) is 34.1 Å². The van der Waals surface area contributed by atoms with Gasteiger partial charge in [0.25, 0.3) is 0 Å². The number of carbonyl (C=O) groups excluding carboxylic acids is 1. The summed E-state index contributed by atoms with van der Waals surface area (Å²) in [6.45, 7) is 2.72. The van der Waals surface area contributed by atoms with Gasteiger partial charge in [-0.05, 0) is 48.7 Å². The number of ether oxygens (including phenoxy) is 1. The molecule has 3 heterocycles. The Morgan fingerprint density at radius 2 is 2.00 bits per heavy atom. The van der Waals surface area contributed by atoms with Crippen LogP contribution in [0.15, 0.2) is 66.9 Å². The van der Waals surface area contributed by atoms with Gasteiger partial charge >= 0.3 is 5.97 Å². The summed E-state index contributed by atoms with van der Waals surface area (Å²) in [6, 6.07) is 20.1.